The first kappa shape index (κ1) is 16.7. The number of carboxylic acid groups (broad SMARTS) is 1. The van der Waals surface area contributed by atoms with E-state index in [-0.39, 0.29) is 11.3 Å². The summed E-state index contributed by atoms with van der Waals surface area (Å²) in [7, 11) is 0. The molecule has 0 heterocycles. The van der Waals surface area contributed by atoms with Gasteiger partial charge in [0, 0.05) is 12.1 Å². The maximum absolute atomic E-state index is 11.4. The van der Waals surface area contributed by atoms with Crippen molar-refractivity contribution in [3.63, 3.8) is 0 Å². The van der Waals surface area contributed by atoms with Gasteiger partial charge < -0.3 is 5.11 Å². The summed E-state index contributed by atoms with van der Waals surface area (Å²) < 4.78 is 0. The van der Waals surface area contributed by atoms with E-state index in [0.717, 1.165) is 29.5 Å². The predicted octanol–water partition coefficient (Wildman–Crippen LogP) is 4.04. The average molecular weight is 312 g/mol. The molecule has 23 heavy (non-hydrogen) atoms. The minimum atomic E-state index is -0.962. The second-order valence-corrected chi connectivity index (χ2v) is 5.34. The van der Waals surface area contributed by atoms with Crippen LogP contribution in [0.2, 0.25) is 0 Å². The standard InChI is InChI=1S/C18H18NO4/c1-2-3-4-13-7-10-17(18(20)21)15(11-13)12-14-5-8-16(9-6-14)19(22)23/h2,5-11H,3-4,12H2,1H3,(H,20,21). The van der Waals surface area contributed by atoms with E-state index >= 15 is 0 Å². The van der Waals surface area contributed by atoms with Crippen molar-refractivity contribution < 1.29 is 14.8 Å². The Hall–Kier alpha value is -2.69. The van der Waals surface area contributed by atoms with E-state index in [1.807, 2.05) is 19.1 Å². The lowest BCUT2D eigenvalue weighted by Crippen LogP contribution is -2.04. The molecule has 1 radical (unpaired) electrons. The van der Waals surface area contributed by atoms with Gasteiger partial charge in [-0.1, -0.05) is 31.2 Å². The highest BCUT2D eigenvalue weighted by Crippen LogP contribution is 2.20. The number of nitrogens with zero attached hydrogens (tertiary/aromatic N) is 1. The van der Waals surface area contributed by atoms with Crippen LogP contribution in [0.1, 0.15) is 40.4 Å². The topological polar surface area (TPSA) is 80.4 Å². The molecule has 0 aliphatic carbocycles. The highest BCUT2D eigenvalue weighted by atomic mass is 16.6. The maximum Gasteiger partial charge on any atom is 0.335 e. The van der Waals surface area contributed by atoms with Gasteiger partial charge in [-0.25, -0.2) is 4.79 Å². The number of carbonyl (C=O) groups is 1. The molecule has 0 bridgehead atoms. The van der Waals surface area contributed by atoms with Gasteiger partial charge in [0.25, 0.3) is 5.69 Å². The lowest BCUT2D eigenvalue weighted by atomic mass is 9.95. The average Bonchev–Trinajstić information content (AvgIpc) is 2.53. The summed E-state index contributed by atoms with van der Waals surface area (Å²) >= 11 is 0. The molecule has 0 spiro atoms. The maximum atomic E-state index is 11.4. The van der Waals surface area contributed by atoms with Crippen molar-refractivity contribution in [1.82, 2.24) is 0 Å². The molecule has 5 nitrogen and oxygen atoms in total. The summed E-state index contributed by atoms with van der Waals surface area (Å²) in [4.78, 5) is 21.6. The number of unbranched alkanes of at least 4 members (excludes halogenated alkanes) is 1. The third-order valence-electron chi connectivity index (χ3n) is 3.66. The summed E-state index contributed by atoms with van der Waals surface area (Å²) in [6.07, 6.45) is 4.30. The van der Waals surface area contributed by atoms with Gasteiger partial charge in [-0.15, -0.1) is 0 Å². The fourth-order valence-corrected chi connectivity index (χ4v) is 2.42. The summed E-state index contributed by atoms with van der Waals surface area (Å²) in [5.41, 5.74) is 2.95. The lowest BCUT2D eigenvalue weighted by molar-refractivity contribution is -0.384. The van der Waals surface area contributed by atoms with E-state index < -0.39 is 10.9 Å². The van der Waals surface area contributed by atoms with Crippen LogP contribution in [0.5, 0.6) is 0 Å². The van der Waals surface area contributed by atoms with Gasteiger partial charge in [-0.05, 0) is 48.4 Å². The summed E-state index contributed by atoms with van der Waals surface area (Å²) in [6, 6.07) is 11.6. The number of carboxylic acids is 1. The molecule has 119 valence electrons. The van der Waals surface area contributed by atoms with Gasteiger partial charge in [0.2, 0.25) is 0 Å². The fourth-order valence-electron chi connectivity index (χ4n) is 2.42. The van der Waals surface area contributed by atoms with Crippen molar-refractivity contribution in [1.29, 1.82) is 0 Å². The highest BCUT2D eigenvalue weighted by Gasteiger charge is 2.12. The number of hydrogen-bond donors (Lipinski definition) is 1. The van der Waals surface area contributed by atoms with Crippen molar-refractivity contribution in [3.05, 3.63) is 81.3 Å². The fraction of sp³-hybridized carbons (Fsp3) is 0.222. The number of nitro groups is 1. The molecule has 2 rings (SSSR count). The summed E-state index contributed by atoms with van der Waals surface area (Å²) in [5.74, 6) is -0.962. The molecule has 2 aromatic carbocycles. The summed E-state index contributed by atoms with van der Waals surface area (Å²) in [6.45, 7) is 1.99. The van der Waals surface area contributed by atoms with Crippen molar-refractivity contribution in [2.75, 3.05) is 0 Å². The van der Waals surface area contributed by atoms with Gasteiger partial charge in [0.1, 0.15) is 0 Å². The van der Waals surface area contributed by atoms with Crippen LogP contribution in [0.4, 0.5) is 5.69 Å². The Labute approximate surface area is 134 Å². The second-order valence-electron chi connectivity index (χ2n) is 5.34. The van der Waals surface area contributed by atoms with Crippen molar-refractivity contribution in [2.45, 2.75) is 26.2 Å². The molecule has 0 unspecified atom stereocenters. The largest absolute Gasteiger partial charge is 0.478 e. The molecule has 5 heteroatoms. The molecule has 0 aromatic heterocycles. The lowest BCUT2D eigenvalue weighted by Gasteiger charge is -2.09. The normalized spacial score (nSPS) is 10.5. The van der Waals surface area contributed by atoms with Gasteiger partial charge in [0.15, 0.2) is 0 Å². The Balaban J connectivity index is 2.28. The monoisotopic (exact) mass is 312 g/mol. The highest BCUT2D eigenvalue weighted by molar-refractivity contribution is 5.89. The van der Waals surface area contributed by atoms with Gasteiger partial charge in [0.05, 0.1) is 10.5 Å². The van der Waals surface area contributed by atoms with E-state index in [9.17, 15) is 20.0 Å². The number of rotatable bonds is 7. The number of benzene rings is 2. The van der Waals surface area contributed by atoms with Crippen LogP contribution in [0, 0.1) is 16.5 Å². The van der Waals surface area contributed by atoms with E-state index in [4.69, 9.17) is 0 Å². The minimum absolute atomic E-state index is 0.0273. The molecule has 0 fully saturated rings. The number of non-ortho nitro benzene ring substituents is 1. The number of nitro benzene ring substituents is 1. The number of aromatic carboxylic acids is 1. The third-order valence-corrected chi connectivity index (χ3v) is 3.66. The quantitative estimate of drug-likeness (QED) is 0.618. The van der Waals surface area contributed by atoms with Crippen LogP contribution in [0.15, 0.2) is 42.5 Å². The Morgan fingerprint density at radius 2 is 1.83 bits per heavy atom. The minimum Gasteiger partial charge on any atom is -0.478 e. The molecule has 2 aromatic rings. The van der Waals surface area contributed by atoms with Crippen molar-refractivity contribution in [2.24, 2.45) is 0 Å². The zero-order chi connectivity index (χ0) is 16.8. The van der Waals surface area contributed by atoms with Crippen LogP contribution in [-0.2, 0) is 12.8 Å². The third kappa shape index (κ3) is 4.39. The number of hydrogen-bond acceptors (Lipinski definition) is 3. The zero-order valence-electron chi connectivity index (χ0n) is 12.9. The Morgan fingerprint density at radius 3 is 2.39 bits per heavy atom. The first-order valence-corrected chi connectivity index (χ1v) is 7.37. The number of aryl methyl sites for hydroxylation is 1. The van der Waals surface area contributed by atoms with E-state index in [2.05, 4.69) is 6.42 Å². The van der Waals surface area contributed by atoms with Gasteiger partial charge in [-0.3, -0.25) is 10.1 Å². The molecule has 0 saturated carbocycles. The first-order valence-electron chi connectivity index (χ1n) is 7.37. The molecule has 0 aliphatic rings. The molecular weight excluding hydrogens is 294 g/mol. The van der Waals surface area contributed by atoms with Crippen LogP contribution in [0.3, 0.4) is 0 Å². The van der Waals surface area contributed by atoms with Gasteiger partial charge >= 0.3 is 5.97 Å². The molecule has 0 amide bonds. The summed E-state index contributed by atoms with van der Waals surface area (Å²) in [5, 5.41) is 20.0. The Bertz CT molecular complexity index is 707. The van der Waals surface area contributed by atoms with E-state index in [1.54, 1.807) is 18.2 Å². The van der Waals surface area contributed by atoms with Crippen LogP contribution in [-0.4, -0.2) is 16.0 Å². The van der Waals surface area contributed by atoms with Crippen molar-refractivity contribution in [3.8, 4) is 0 Å². The Kier molecular flexibility index (Phi) is 5.46. The van der Waals surface area contributed by atoms with Crippen LogP contribution in [0.25, 0.3) is 0 Å². The Morgan fingerprint density at radius 1 is 1.17 bits per heavy atom. The van der Waals surface area contributed by atoms with E-state index in [1.165, 1.54) is 12.1 Å². The smallest absolute Gasteiger partial charge is 0.335 e. The predicted molar refractivity (Wildman–Crippen MR) is 87.6 cm³/mol. The van der Waals surface area contributed by atoms with Crippen molar-refractivity contribution >= 4 is 11.7 Å². The molecule has 0 saturated heterocycles. The van der Waals surface area contributed by atoms with E-state index in [0.29, 0.717) is 6.42 Å². The molecule has 0 aliphatic heterocycles. The molecule has 0 atom stereocenters. The van der Waals surface area contributed by atoms with Crippen LogP contribution < -0.4 is 0 Å². The molecule has 1 N–H and O–H groups in total. The first-order chi connectivity index (χ1) is 11.0. The van der Waals surface area contributed by atoms with Crippen LogP contribution >= 0.6 is 0 Å². The SMILES string of the molecule is C[CH]CCc1ccc(C(=O)O)c(Cc2ccc([N+](=O)[O-])cc2)c1. The molecular formula is C18H18NO4. The van der Waals surface area contributed by atoms with Gasteiger partial charge in [-0.2, -0.15) is 0 Å². The second kappa shape index (κ2) is 7.54. The zero-order valence-corrected chi connectivity index (χ0v) is 12.9.